The molecule has 4 aromatic carbocycles. The number of carbonyl (C=O) groups excluding carboxylic acids is 2. The molecule has 0 bridgehead atoms. The Bertz CT molecular complexity index is 1530. The van der Waals surface area contributed by atoms with Crippen molar-refractivity contribution in [3.8, 4) is 5.75 Å². The van der Waals surface area contributed by atoms with Gasteiger partial charge in [0.15, 0.2) is 0 Å². The van der Waals surface area contributed by atoms with Crippen LogP contribution in [0.3, 0.4) is 0 Å². The summed E-state index contributed by atoms with van der Waals surface area (Å²) in [6.07, 6.45) is 0. The molecule has 1 fully saturated rings. The Labute approximate surface area is 253 Å². The molecule has 43 heavy (non-hydrogen) atoms. The van der Waals surface area contributed by atoms with E-state index < -0.39 is 0 Å². The van der Waals surface area contributed by atoms with Crippen molar-refractivity contribution in [2.24, 2.45) is 0 Å². The summed E-state index contributed by atoms with van der Waals surface area (Å²) in [5.41, 5.74) is 5.87. The molecule has 4 aromatic rings. The van der Waals surface area contributed by atoms with E-state index in [2.05, 4.69) is 45.7 Å². The smallest absolute Gasteiger partial charge is 0.323 e. The van der Waals surface area contributed by atoms with Gasteiger partial charge in [0.1, 0.15) is 5.75 Å². The lowest BCUT2D eigenvalue weighted by Gasteiger charge is -2.38. The van der Waals surface area contributed by atoms with Crippen molar-refractivity contribution in [3.05, 3.63) is 114 Å². The lowest BCUT2D eigenvalue weighted by Crippen LogP contribution is -2.47. The minimum absolute atomic E-state index is 0.195. The highest BCUT2D eigenvalue weighted by Gasteiger charge is 2.24. The number of carbonyl (C=O) groups is 2. The Hall–Kier alpha value is -4.98. The molecule has 0 unspecified atom stereocenters. The Balaban J connectivity index is 1.32. The number of benzene rings is 4. The van der Waals surface area contributed by atoms with Crippen LogP contribution in [0.15, 0.2) is 97.1 Å². The van der Waals surface area contributed by atoms with Crippen LogP contribution in [0.1, 0.15) is 41.3 Å². The Morgan fingerprint density at radius 3 is 2.02 bits per heavy atom. The van der Waals surface area contributed by atoms with Gasteiger partial charge in [0.25, 0.3) is 5.91 Å². The molecule has 0 atom stereocenters. The molecule has 0 aliphatic carbocycles. The van der Waals surface area contributed by atoms with Crippen LogP contribution in [0, 0.1) is 0 Å². The number of ether oxygens (including phenoxy) is 1. The van der Waals surface area contributed by atoms with E-state index in [1.807, 2.05) is 84.9 Å². The molecule has 0 spiro atoms. The summed E-state index contributed by atoms with van der Waals surface area (Å²) in [7, 11) is 1.69. The molecular weight excluding hydrogens is 538 g/mol. The first-order chi connectivity index (χ1) is 20.9. The molecule has 1 aliphatic rings. The van der Waals surface area contributed by atoms with Gasteiger partial charge in [0.05, 0.1) is 18.4 Å². The normalized spacial score (nSPS) is 13.0. The fourth-order valence-corrected chi connectivity index (χ4v) is 5.27. The summed E-state index contributed by atoms with van der Waals surface area (Å²) in [4.78, 5) is 31.0. The van der Waals surface area contributed by atoms with E-state index in [1.165, 1.54) is 5.56 Å². The summed E-state index contributed by atoms with van der Waals surface area (Å²) in [6, 6.07) is 30.8. The number of hydrogen-bond acceptors (Lipinski definition) is 5. The fourth-order valence-electron chi connectivity index (χ4n) is 5.27. The van der Waals surface area contributed by atoms with Crippen LogP contribution in [0.25, 0.3) is 0 Å². The second-order valence-electron chi connectivity index (χ2n) is 10.9. The number of anilines is 4. The maximum atomic E-state index is 13.6. The maximum Gasteiger partial charge on any atom is 0.323 e. The molecular formula is C35H39N5O3. The van der Waals surface area contributed by atoms with E-state index >= 15 is 0 Å². The van der Waals surface area contributed by atoms with E-state index in [1.54, 1.807) is 13.2 Å². The highest BCUT2D eigenvalue weighted by atomic mass is 16.5. The number of hydrogen-bond donors (Lipinski definition) is 3. The minimum atomic E-state index is -0.369. The van der Waals surface area contributed by atoms with Gasteiger partial charge in [-0.25, -0.2) is 4.79 Å². The number of urea groups is 1. The average Bonchev–Trinajstić information content (AvgIpc) is 3.04. The van der Waals surface area contributed by atoms with Gasteiger partial charge in [-0.05, 0) is 59.5 Å². The van der Waals surface area contributed by atoms with Gasteiger partial charge >= 0.3 is 6.03 Å². The molecule has 0 saturated carbocycles. The second-order valence-corrected chi connectivity index (χ2v) is 10.9. The third kappa shape index (κ3) is 7.46. The molecule has 1 heterocycles. The number of nitrogens with one attached hydrogen (secondary N) is 3. The molecule has 222 valence electrons. The van der Waals surface area contributed by atoms with E-state index in [-0.39, 0.29) is 11.9 Å². The van der Waals surface area contributed by atoms with Gasteiger partial charge in [-0.1, -0.05) is 68.4 Å². The Kier molecular flexibility index (Phi) is 9.46. The van der Waals surface area contributed by atoms with Crippen molar-refractivity contribution in [2.75, 3.05) is 53.7 Å². The topological polar surface area (TPSA) is 85.9 Å². The van der Waals surface area contributed by atoms with Gasteiger partial charge in [0, 0.05) is 49.8 Å². The molecule has 8 nitrogen and oxygen atoms in total. The van der Waals surface area contributed by atoms with Crippen molar-refractivity contribution in [1.29, 1.82) is 0 Å². The molecule has 0 radical (unpaired) electrons. The zero-order valence-electron chi connectivity index (χ0n) is 25.0. The average molecular weight is 578 g/mol. The highest BCUT2D eigenvalue weighted by Crippen LogP contribution is 2.31. The van der Waals surface area contributed by atoms with Crippen molar-refractivity contribution < 1.29 is 14.3 Å². The Morgan fingerprint density at radius 2 is 1.35 bits per heavy atom. The summed E-state index contributed by atoms with van der Waals surface area (Å²) < 4.78 is 5.57. The number of para-hydroxylation sites is 2. The molecule has 0 aromatic heterocycles. The SMILES string of the molecule is COc1ccccc1N1CCN(c2ccc(NC(=O)Nc3ccc(C(C)C)cc3)cc2C(=O)NCc2ccccc2)CC1. The zero-order valence-corrected chi connectivity index (χ0v) is 25.0. The van der Waals surface area contributed by atoms with Gasteiger partial charge in [0.2, 0.25) is 0 Å². The number of amides is 3. The molecule has 3 amide bonds. The fraction of sp³-hybridized carbons (Fsp3) is 0.257. The first-order valence-electron chi connectivity index (χ1n) is 14.7. The number of rotatable bonds is 9. The lowest BCUT2D eigenvalue weighted by atomic mass is 10.0. The number of methoxy groups -OCH3 is 1. The van der Waals surface area contributed by atoms with Crippen molar-refractivity contribution in [3.63, 3.8) is 0 Å². The van der Waals surface area contributed by atoms with Gasteiger partial charge in [-0.3, -0.25) is 4.79 Å². The van der Waals surface area contributed by atoms with E-state index in [9.17, 15) is 9.59 Å². The largest absolute Gasteiger partial charge is 0.495 e. The van der Waals surface area contributed by atoms with E-state index in [0.717, 1.165) is 48.9 Å². The summed E-state index contributed by atoms with van der Waals surface area (Å²) >= 11 is 0. The number of nitrogens with zero attached hydrogens (tertiary/aromatic N) is 2. The quantitative estimate of drug-likeness (QED) is 0.206. The molecule has 3 N–H and O–H groups in total. The van der Waals surface area contributed by atoms with Crippen LogP contribution in [0.5, 0.6) is 5.75 Å². The van der Waals surface area contributed by atoms with E-state index in [0.29, 0.717) is 29.4 Å². The first kappa shape index (κ1) is 29.5. The standard InChI is InChI=1S/C35H39N5O3/c1-25(2)27-13-15-28(16-14-27)37-35(42)38-29-17-18-31(30(23-29)34(41)36-24-26-9-5-4-6-10-26)39-19-21-40(22-20-39)32-11-7-8-12-33(32)43-3/h4-18,23,25H,19-22,24H2,1-3H3,(H,36,41)(H2,37,38,42). The summed E-state index contributed by atoms with van der Waals surface area (Å²) in [5, 5.41) is 8.84. The predicted molar refractivity (Wildman–Crippen MR) is 175 cm³/mol. The van der Waals surface area contributed by atoms with Crippen LogP contribution >= 0.6 is 0 Å². The van der Waals surface area contributed by atoms with Crippen LogP contribution in [0.4, 0.5) is 27.5 Å². The minimum Gasteiger partial charge on any atom is -0.495 e. The summed E-state index contributed by atoms with van der Waals surface area (Å²) in [5.74, 6) is 1.07. The van der Waals surface area contributed by atoms with Crippen LogP contribution < -0.4 is 30.5 Å². The van der Waals surface area contributed by atoms with Crippen LogP contribution in [0.2, 0.25) is 0 Å². The maximum absolute atomic E-state index is 13.6. The molecule has 1 saturated heterocycles. The monoisotopic (exact) mass is 577 g/mol. The highest BCUT2D eigenvalue weighted by molar-refractivity contribution is 6.04. The molecule has 8 heteroatoms. The molecule has 1 aliphatic heterocycles. The molecule has 5 rings (SSSR count). The first-order valence-corrected chi connectivity index (χ1v) is 14.7. The number of piperazine rings is 1. The van der Waals surface area contributed by atoms with E-state index in [4.69, 9.17) is 4.74 Å². The second kappa shape index (κ2) is 13.8. The van der Waals surface area contributed by atoms with Crippen molar-refractivity contribution in [1.82, 2.24) is 5.32 Å². The van der Waals surface area contributed by atoms with Crippen LogP contribution in [-0.2, 0) is 6.54 Å². The predicted octanol–water partition coefficient (Wildman–Crippen LogP) is 6.72. The summed E-state index contributed by atoms with van der Waals surface area (Å²) in [6.45, 7) is 7.70. The Morgan fingerprint density at radius 1 is 0.744 bits per heavy atom. The zero-order chi connectivity index (χ0) is 30.2. The van der Waals surface area contributed by atoms with Crippen LogP contribution in [-0.4, -0.2) is 45.2 Å². The van der Waals surface area contributed by atoms with Gasteiger partial charge < -0.3 is 30.5 Å². The van der Waals surface area contributed by atoms with Crippen molar-refractivity contribution in [2.45, 2.75) is 26.3 Å². The third-order valence-corrected chi connectivity index (χ3v) is 7.68. The van der Waals surface area contributed by atoms with Gasteiger partial charge in [-0.15, -0.1) is 0 Å². The van der Waals surface area contributed by atoms with Gasteiger partial charge in [-0.2, -0.15) is 0 Å². The van der Waals surface area contributed by atoms with Crippen molar-refractivity contribution >= 4 is 34.7 Å². The third-order valence-electron chi connectivity index (χ3n) is 7.68. The lowest BCUT2D eigenvalue weighted by molar-refractivity contribution is 0.0951.